The number of nitrogens with zero attached hydrogens (tertiary/aromatic N) is 4. The predicted octanol–water partition coefficient (Wildman–Crippen LogP) is 6.97. The molecule has 0 N–H and O–H groups in total. The SMILES string of the molecule is CCCCN(c1ccc(C#N)c2ccccc12)N(CC)Cc1c(CC)noc1-c1ccccc1. The Morgan fingerprint density at radius 3 is 2.32 bits per heavy atom. The van der Waals surface area contributed by atoms with Crippen LogP contribution in [0.1, 0.15) is 50.4 Å². The Morgan fingerprint density at radius 2 is 1.65 bits per heavy atom. The average molecular weight is 453 g/mol. The van der Waals surface area contributed by atoms with Crippen LogP contribution in [0.5, 0.6) is 0 Å². The molecule has 0 saturated carbocycles. The summed E-state index contributed by atoms with van der Waals surface area (Å²) in [5.74, 6) is 0.844. The Labute approximate surface area is 202 Å². The highest BCUT2D eigenvalue weighted by Gasteiger charge is 2.23. The third-order valence-corrected chi connectivity index (χ3v) is 6.31. The number of nitriles is 1. The molecule has 4 rings (SSSR count). The van der Waals surface area contributed by atoms with Crippen molar-refractivity contribution in [2.24, 2.45) is 0 Å². The van der Waals surface area contributed by atoms with Crippen LogP contribution in [-0.2, 0) is 13.0 Å². The quantitative estimate of drug-likeness (QED) is 0.243. The molecule has 0 atom stereocenters. The van der Waals surface area contributed by atoms with E-state index >= 15 is 0 Å². The molecule has 0 fully saturated rings. The molecule has 0 bridgehead atoms. The molecule has 0 aliphatic heterocycles. The normalized spacial score (nSPS) is 11.1. The molecule has 34 heavy (non-hydrogen) atoms. The summed E-state index contributed by atoms with van der Waals surface area (Å²) in [5, 5.41) is 20.9. The number of aryl methyl sites for hydroxylation is 1. The van der Waals surface area contributed by atoms with E-state index in [-0.39, 0.29) is 0 Å². The molecule has 0 unspecified atom stereocenters. The van der Waals surface area contributed by atoms with Gasteiger partial charge in [0.25, 0.3) is 0 Å². The summed E-state index contributed by atoms with van der Waals surface area (Å²) in [6.45, 7) is 8.95. The molecule has 0 aliphatic carbocycles. The Hall–Kier alpha value is -3.62. The number of benzene rings is 3. The number of hydrazine groups is 1. The topological polar surface area (TPSA) is 56.3 Å². The standard InChI is InChI=1S/C29H32N4O/c1-4-7-19-33(28-18-17-23(20-30)24-15-11-12-16-25(24)28)32(6-3)21-26-27(5-2)31-34-29(26)22-13-9-8-10-14-22/h8-18H,4-7,19,21H2,1-3H3. The van der Waals surface area contributed by atoms with E-state index in [4.69, 9.17) is 4.52 Å². The van der Waals surface area contributed by atoms with Gasteiger partial charge in [0.05, 0.1) is 23.0 Å². The van der Waals surface area contributed by atoms with Crippen molar-refractivity contribution in [2.75, 3.05) is 18.1 Å². The highest BCUT2D eigenvalue weighted by atomic mass is 16.5. The van der Waals surface area contributed by atoms with Crippen molar-refractivity contribution in [3.05, 3.63) is 83.6 Å². The van der Waals surface area contributed by atoms with Crippen LogP contribution < -0.4 is 5.01 Å². The van der Waals surface area contributed by atoms with E-state index in [2.05, 4.69) is 66.3 Å². The molecule has 0 aliphatic rings. The van der Waals surface area contributed by atoms with Crippen LogP contribution in [0.15, 0.2) is 71.3 Å². The van der Waals surface area contributed by atoms with Crippen LogP contribution in [0.3, 0.4) is 0 Å². The van der Waals surface area contributed by atoms with Gasteiger partial charge in [-0.15, -0.1) is 0 Å². The molecule has 0 amide bonds. The molecule has 1 heterocycles. The second-order valence-corrected chi connectivity index (χ2v) is 8.40. The lowest BCUT2D eigenvalue weighted by Crippen LogP contribution is -2.43. The number of hydrogen-bond donors (Lipinski definition) is 0. The molecule has 0 spiro atoms. The minimum Gasteiger partial charge on any atom is -0.356 e. The van der Waals surface area contributed by atoms with E-state index in [1.54, 1.807) is 0 Å². The van der Waals surface area contributed by atoms with Crippen molar-refractivity contribution in [1.82, 2.24) is 10.2 Å². The fourth-order valence-corrected chi connectivity index (χ4v) is 4.48. The number of unbranched alkanes of at least 4 members (excludes halogenated alkanes) is 1. The zero-order valence-corrected chi connectivity index (χ0v) is 20.3. The molecule has 5 nitrogen and oxygen atoms in total. The van der Waals surface area contributed by atoms with E-state index in [1.807, 2.05) is 42.5 Å². The van der Waals surface area contributed by atoms with Crippen molar-refractivity contribution in [3.63, 3.8) is 0 Å². The molecule has 0 radical (unpaired) electrons. The van der Waals surface area contributed by atoms with Crippen LogP contribution in [-0.4, -0.2) is 23.3 Å². The Kier molecular flexibility index (Phi) is 7.61. The number of fused-ring (bicyclic) bond motifs is 1. The van der Waals surface area contributed by atoms with Crippen LogP contribution in [0.25, 0.3) is 22.1 Å². The summed E-state index contributed by atoms with van der Waals surface area (Å²) in [7, 11) is 0. The highest BCUT2D eigenvalue weighted by Crippen LogP contribution is 2.33. The number of anilines is 1. The summed E-state index contributed by atoms with van der Waals surface area (Å²) >= 11 is 0. The summed E-state index contributed by atoms with van der Waals surface area (Å²) in [6, 6.07) is 24.8. The second-order valence-electron chi connectivity index (χ2n) is 8.40. The fraction of sp³-hybridized carbons (Fsp3) is 0.310. The maximum atomic E-state index is 9.64. The fourth-order valence-electron chi connectivity index (χ4n) is 4.48. The lowest BCUT2D eigenvalue weighted by atomic mass is 10.0. The maximum absolute atomic E-state index is 9.64. The van der Waals surface area contributed by atoms with Crippen LogP contribution in [0, 0.1) is 11.3 Å². The summed E-state index contributed by atoms with van der Waals surface area (Å²) in [6.07, 6.45) is 2.99. The molecule has 3 aromatic carbocycles. The third-order valence-electron chi connectivity index (χ3n) is 6.31. The van der Waals surface area contributed by atoms with Crippen LogP contribution in [0.2, 0.25) is 0 Å². The first-order chi connectivity index (χ1) is 16.7. The molecule has 4 aromatic rings. The summed E-state index contributed by atoms with van der Waals surface area (Å²) in [4.78, 5) is 0. The third kappa shape index (κ3) is 4.69. The summed E-state index contributed by atoms with van der Waals surface area (Å²) < 4.78 is 5.85. The first-order valence-corrected chi connectivity index (χ1v) is 12.2. The number of aromatic nitrogens is 1. The molecule has 1 aromatic heterocycles. The van der Waals surface area contributed by atoms with E-state index < -0.39 is 0 Å². The minimum absolute atomic E-state index is 0.700. The largest absolute Gasteiger partial charge is 0.356 e. The second kappa shape index (κ2) is 11.0. The first-order valence-electron chi connectivity index (χ1n) is 12.2. The number of hydrogen-bond acceptors (Lipinski definition) is 5. The van der Waals surface area contributed by atoms with E-state index in [1.165, 1.54) is 0 Å². The van der Waals surface area contributed by atoms with Crippen molar-refractivity contribution in [1.29, 1.82) is 5.26 Å². The van der Waals surface area contributed by atoms with Crippen molar-refractivity contribution in [3.8, 4) is 17.4 Å². The van der Waals surface area contributed by atoms with Gasteiger partial charge in [-0.05, 0) is 25.0 Å². The van der Waals surface area contributed by atoms with Gasteiger partial charge in [-0.25, -0.2) is 5.01 Å². The minimum atomic E-state index is 0.700. The van der Waals surface area contributed by atoms with E-state index in [9.17, 15) is 5.26 Å². The zero-order valence-electron chi connectivity index (χ0n) is 20.3. The van der Waals surface area contributed by atoms with Gasteiger partial charge in [-0.2, -0.15) is 5.26 Å². The van der Waals surface area contributed by atoms with Crippen LogP contribution in [0.4, 0.5) is 5.69 Å². The Balaban J connectivity index is 1.78. The van der Waals surface area contributed by atoms with Crippen molar-refractivity contribution >= 4 is 16.5 Å². The monoisotopic (exact) mass is 452 g/mol. The van der Waals surface area contributed by atoms with Crippen LogP contribution >= 0.6 is 0 Å². The number of rotatable bonds is 10. The maximum Gasteiger partial charge on any atom is 0.171 e. The lowest BCUT2D eigenvalue weighted by molar-refractivity contribution is 0.251. The van der Waals surface area contributed by atoms with Gasteiger partial charge in [-0.3, -0.25) is 0 Å². The molecule has 5 heteroatoms. The van der Waals surface area contributed by atoms with E-state index in [0.717, 1.165) is 71.4 Å². The van der Waals surface area contributed by atoms with Crippen molar-refractivity contribution in [2.45, 2.75) is 46.6 Å². The average Bonchev–Trinajstić information content (AvgIpc) is 3.31. The predicted molar refractivity (Wildman–Crippen MR) is 138 cm³/mol. The molecular formula is C29H32N4O. The van der Waals surface area contributed by atoms with E-state index in [0.29, 0.717) is 12.1 Å². The van der Waals surface area contributed by atoms with Gasteiger partial charge < -0.3 is 9.53 Å². The molecular weight excluding hydrogens is 420 g/mol. The molecule has 0 saturated heterocycles. The summed E-state index contributed by atoms with van der Waals surface area (Å²) in [5.41, 5.74) is 5.01. The van der Waals surface area contributed by atoms with Gasteiger partial charge in [0.2, 0.25) is 0 Å². The van der Waals surface area contributed by atoms with Gasteiger partial charge in [0.15, 0.2) is 5.76 Å². The van der Waals surface area contributed by atoms with Gasteiger partial charge in [0, 0.05) is 41.5 Å². The van der Waals surface area contributed by atoms with Gasteiger partial charge in [-0.1, -0.05) is 86.9 Å². The highest BCUT2D eigenvalue weighted by molar-refractivity contribution is 5.97. The Morgan fingerprint density at radius 1 is 0.912 bits per heavy atom. The van der Waals surface area contributed by atoms with Crippen molar-refractivity contribution < 1.29 is 4.52 Å². The smallest absolute Gasteiger partial charge is 0.171 e. The zero-order chi connectivity index (χ0) is 23.9. The Bertz CT molecular complexity index is 1270. The first kappa shape index (κ1) is 23.5. The molecule has 174 valence electrons. The van der Waals surface area contributed by atoms with Gasteiger partial charge in [0.1, 0.15) is 0 Å². The lowest BCUT2D eigenvalue weighted by Gasteiger charge is -2.37. The van der Waals surface area contributed by atoms with Gasteiger partial charge >= 0.3 is 0 Å².